The van der Waals surface area contributed by atoms with Crippen molar-refractivity contribution >= 4 is 23.5 Å². The van der Waals surface area contributed by atoms with Gasteiger partial charge in [0, 0.05) is 29.4 Å². The summed E-state index contributed by atoms with van der Waals surface area (Å²) in [6, 6.07) is 19.3. The molecule has 3 rings (SSSR count). The van der Waals surface area contributed by atoms with Gasteiger partial charge in [0.05, 0.1) is 12.3 Å². The van der Waals surface area contributed by atoms with Crippen LogP contribution in [-0.4, -0.2) is 41.3 Å². The minimum Gasteiger partial charge on any atom is -0.494 e. The van der Waals surface area contributed by atoms with E-state index in [0.29, 0.717) is 24.6 Å². The number of amides is 1. The number of aromatic nitrogens is 1. The highest BCUT2D eigenvalue weighted by atomic mass is 35.5. The van der Waals surface area contributed by atoms with Crippen molar-refractivity contribution in [1.29, 1.82) is 5.41 Å². The second-order valence-electron chi connectivity index (χ2n) is 8.18. The van der Waals surface area contributed by atoms with Crippen molar-refractivity contribution in [3.8, 4) is 28.3 Å². The van der Waals surface area contributed by atoms with Crippen LogP contribution in [0.25, 0.3) is 22.5 Å². The topological polar surface area (TPSA) is 99.4 Å². The molecule has 0 bridgehead atoms. The average molecular weight is 497 g/mol. The van der Waals surface area contributed by atoms with Crippen LogP contribution in [0.15, 0.2) is 60.7 Å². The summed E-state index contributed by atoms with van der Waals surface area (Å²) in [6.07, 6.45) is 3.82. The Morgan fingerprint density at radius 3 is 2.49 bits per heavy atom. The molecule has 0 aliphatic carbocycles. The van der Waals surface area contributed by atoms with Crippen molar-refractivity contribution in [3.05, 3.63) is 65.7 Å². The summed E-state index contributed by atoms with van der Waals surface area (Å²) < 4.78 is 7.73. The van der Waals surface area contributed by atoms with Gasteiger partial charge in [0.25, 0.3) is 0 Å². The minimum absolute atomic E-state index is 0.00220. The number of unbranched alkanes of at least 4 members (excludes halogenated alkanes) is 2. The number of ether oxygens (including phenoxy) is 1. The number of aliphatic hydroxyl groups excluding tert-OH is 1. The maximum absolute atomic E-state index is 12.8. The van der Waals surface area contributed by atoms with E-state index in [-0.39, 0.29) is 25.0 Å². The van der Waals surface area contributed by atoms with Gasteiger partial charge in [0.1, 0.15) is 12.3 Å². The molecule has 1 aromatic heterocycles. The molecule has 0 saturated carbocycles. The third-order valence-electron chi connectivity index (χ3n) is 5.50. The lowest BCUT2D eigenvalue weighted by Crippen LogP contribution is -2.42. The Balaban J connectivity index is 1.83. The molecule has 0 aliphatic heterocycles. The Kier molecular flexibility index (Phi) is 10.2. The Morgan fingerprint density at radius 2 is 1.77 bits per heavy atom. The smallest absolute Gasteiger partial charge is 0.246 e. The lowest BCUT2D eigenvalue weighted by Gasteiger charge is -2.16. The molecule has 0 aliphatic rings. The first kappa shape index (κ1) is 26.3. The van der Waals surface area contributed by atoms with Crippen molar-refractivity contribution in [2.75, 3.05) is 19.8 Å². The Bertz CT molecular complexity index is 1110. The average Bonchev–Trinajstić information content (AvgIpc) is 3.25. The molecule has 3 aromatic rings. The standard InChI is InChI=1S/C27H33ClN4O3/c1-2-3-6-18-35-21-12-10-20(11-13-21)24-14-15-25(22-8-4-5-9-23(22)28)32(24)19-26(34)31-27(29)30-16-7-17-33/h4-5,8-15,33H,2-3,6-7,16-19H2,1H3,(H3,29,30,31,34). The third kappa shape index (κ3) is 7.60. The number of carbonyl (C=O) groups is 1. The Labute approximate surface area is 211 Å². The van der Waals surface area contributed by atoms with Crippen LogP contribution >= 0.6 is 11.6 Å². The highest BCUT2D eigenvalue weighted by molar-refractivity contribution is 6.33. The van der Waals surface area contributed by atoms with Crippen LogP contribution in [0, 0.1) is 5.41 Å². The van der Waals surface area contributed by atoms with E-state index in [0.717, 1.165) is 47.5 Å². The molecule has 8 heteroatoms. The lowest BCUT2D eigenvalue weighted by molar-refractivity contribution is -0.120. The van der Waals surface area contributed by atoms with E-state index in [9.17, 15) is 4.79 Å². The number of aliphatic hydroxyl groups is 1. The van der Waals surface area contributed by atoms with Gasteiger partial charge < -0.3 is 19.7 Å². The van der Waals surface area contributed by atoms with Crippen LogP contribution in [0.4, 0.5) is 0 Å². The largest absolute Gasteiger partial charge is 0.494 e. The first-order valence-corrected chi connectivity index (χ1v) is 12.3. The highest BCUT2D eigenvalue weighted by Gasteiger charge is 2.17. The van der Waals surface area contributed by atoms with E-state index in [1.54, 1.807) is 0 Å². The molecule has 186 valence electrons. The van der Waals surface area contributed by atoms with Gasteiger partial charge in [-0.25, -0.2) is 0 Å². The van der Waals surface area contributed by atoms with E-state index in [2.05, 4.69) is 17.6 Å². The molecular weight excluding hydrogens is 464 g/mol. The molecule has 7 nitrogen and oxygen atoms in total. The molecule has 0 atom stereocenters. The second kappa shape index (κ2) is 13.6. The molecule has 0 unspecified atom stereocenters. The fraction of sp³-hybridized carbons (Fsp3) is 0.333. The first-order valence-electron chi connectivity index (χ1n) is 11.9. The number of hydrogen-bond donors (Lipinski definition) is 4. The number of carbonyl (C=O) groups excluding carboxylic acids is 1. The minimum atomic E-state index is -0.340. The highest BCUT2D eigenvalue weighted by Crippen LogP contribution is 2.33. The molecule has 0 radical (unpaired) electrons. The molecule has 35 heavy (non-hydrogen) atoms. The Morgan fingerprint density at radius 1 is 1.03 bits per heavy atom. The fourth-order valence-corrected chi connectivity index (χ4v) is 3.95. The number of rotatable bonds is 12. The number of hydrogen-bond acceptors (Lipinski definition) is 4. The summed E-state index contributed by atoms with van der Waals surface area (Å²) in [5.41, 5.74) is 3.42. The van der Waals surface area contributed by atoms with Crippen LogP contribution in [0.2, 0.25) is 5.02 Å². The Hall–Kier alpha value is -3.29. The van der Waals surface area contributed by atoms with E-state index in [4.69, 9.17) is 26.9 Å². The molecule has 0 spiro atoms. The summed E-state index contributed by atoms with van der Waals surface area (Å²) >= 11 is 6.47. The van der Waals surface area contributed by atoms with Crippen molar-refractivity contribution in [2.45, 2.75) is 39.2 Å². The zero-order valence-corrected chi connectivity index (χ0v) is 20.8. The maximum atomic E-state index is 12.8. The molecule has 0 fully saturated rings. The first-order chi connectivity index (χ1) is 17.0. The molecule has 4 N–H and O–H groups in total. The normalized spacial score (nSPS) is 10.7. The van der Waals surface area contributed by atoms with Gasteiger partial charge in [0.2, 0.25) is 5.91 Å². The van der Waals surface area contributed by atoms with Crippen molar-refractivity contribution in [3.63, 3.8) is 0 Å². The summed E-state index contributed by atoms with van der Waals surface area (Å²) in [7, 11) is 0. The quantitative estimate of drug-likeness (QED) is 0.160. The van der Waals surface area contributed by atoms with Gasteiger partial charge >= 0.3 is 0 Å². The van der Waals surface area contributed by atoms with E-state index >= 15 is 0 Å². The van der Waals surface area contributed by atoms with Crippen LogP contribution < -0.4 is 15.4 Å². The number of benzene rings is 2. The SMILES string of the molecule is CCCCCOc1ccc(-c2ccc(-c3ccccc3Cl)n2CC(=O)NC(=N)NCCCO)cc1. The van der Waals surface area contributed by atoms with Crippen molar-refractivity contribution in [2.24, 2.45) is 0 Å². The number of halogens is 1. The van der Waals surface area contributed by atoms with Crippen LogP contribution in [0.3, 0.4) is 0 Å². The summed E-state index contributed by atoms with van der Waals surface area (Å²) in [4.78, 5) is 12.8. The number of guanidine groups is 1. The summed E-state index contributed by atoms with van der Waals surface area (Å²) in [5.74, 6) is 0.378. The molecule has 0 saturated heterocycles. The maximum Gasteiger partial charge on any atom is 0.246 e. The predicted octanol–water partition coefficient (Wildman–Crippen LogP) is 5.07. The van der Waals surface area contributed by atoms with Gasteiger partial charge in [-0.05, 0) is 60.9 Å². The molecule has 1 heterocycles. The fourth-order valence-electron chi connectivity index (χ4n) is 3.72. The molecule has 2 aromatic carbocycles. The second-order valence-corrected chi connectivity index (χ2v) is 8.58. The van der Waals surface area contributed by atoms with Crippen LogP contribution in [0.1, 0.15) is 32.6 Å². The van der Waals surface area contributed by atoms with Gasteiger partial charge in [-0.3, -0.25) is 15.5 Å². The lowest BCUT2D eigenvalue weighted by atomic mass is 10.1. The zero-order valence-electron chi connectivity index (χ0n) is 20.0. The van der Waals surface area contributed by atoms with E-state index in [1.807, 2.05) is 65.2 Å². The van der Waals surface area contributed by atoms with Gasteiger partial charge in [-0.15, -0.1) is 0 Å². The number of nitrogens with zero attached hydrogens (tertiary/aromatic N) is 1. The van der Waals surface area contributed by atoms with Crippen molar-refractivity contribution in [1.82, 2.24) is 15.2 Å². The van der Waals surface area contributed by atoms with E-state index in [1.165, 1.54) is 0 Å². The van der Waals surface area contributed by atoms with Gasteiger partial charge in [0.15, 0.2) is 5.96 Å². The van der Waals surface area contributed by atoms with E-state index < -0.39 is 0 Å². The van der Waals surface area contributed by atoms with Crippen molar-refractivity contribution < 1.29 is 14.6 Å². The molecular formula is C27H33ClN4O3. The third-order valence-corrected chi connectivity index (χ3v) is 5.83. The zero-order chi connectivity index (χ0) is 25.0. The van der Waals surface area contributed by atoms with Gasteiger partial charge in [-0.2, -0.15) is 0 Å². The van der Waals surface area contributed by atoms with Gasteiger partial charge in [-0.1, -0.05) is 49.6 Å². The summed E-state index contributed by atoms with van der Waals surface area (Å²) in [6.45, 7) is 3.28. The molecule has 1 amide bonds. The van der Waals surface area contributed by atoms with Crippen LogP contribution in [0.5, 0.6) is 5.75 Å². The monoisotopic (exact) mass is 496 g/mol. The predicted molar refractivity (Wildman–Crippen MR) is 141 cm³/mol. The summed E-state index contributed by atoms with van der Waals surface area (Å²) in [5, 5.41) is 22.8. The van der Waals surface area contributed by atoms with Crippen LogP contribution in [-0.2, 0) is 11.3 Å². The number of nitrogens with one attached hydrogen (secondary N) is 3.